The maximum Gasteiger partial charge on any atom is 0.191 e. The summed E-state index contributed by atoms with van der Waals surface area (Å²) < 4.78 is 5.45. The molecule has 0 aromatic heterocycles. The minimum atomic E-state index is 0.759. The van der Waals surface area contributed by atoms with Crippen LogP contribution in [0.5, 0.6) is 0 Å². The zero-order valence-corrected chi connectivity index (χ0v) is 18.3. The monoisotopic (exact) mass is 401 g/mol. The summed E-state index contributed by atoms with van der Waals surface area (Å²) in [5, 5.41) is 6.95. The average molecular weight is 402 g/mol. The second-order valence-corrected chi connectivity index (χ2v) is 8.15. The Bertz CT molecular complexity index is 629. The summed E-state index contributed by atoms with van der Waals surface area (Å²) in [4.78, 5) is 9.49. The van der Waals surface area contributed by atoms with Crippen LogP contribution in [-0.4, -0.2) is 74.8 Å². The van der Waals surface area contributed by atoms with Gasteiger partial charge in [0, 0.05) is 52.4 Å². The van der Waals surface area contributed by atoms with Gasteiger partial charge in [0.2, 0.25) is 0 Å². The Labute approximate surface area is 176 Å². The standard InChI is InChI=1S/C23H39N5O/c1-3-22-9-4-5-11-28(22)12-10-25-23(24-2)26-18-20-7-6-8-21(17-20)19-27-13-15-29-16-14-27/h6-8,17,22H,3-5,9-16,18-19H2,1-2H3,(H2,24,25,26). The normalized spacial score (nSPS) is 21.9. The lowest BCUT2D eigenvalue weighted by Gasteiger charge is -2.35. The largest absolute Gasteiger partial charge is 0.379 e. The molecule has 2 heterocycles. The first-order valence-corrected chi connectivity index (χ1v) is 11.3. The third-order valence-electron chi connectivity index (χ3n) is 6.10. The van der Waals surface area contributed by atoms with Crippen LogP contribution in [0.4, 0.5) is 0 Å². The Kier molecular flexibility index (Phi) is 9.25. The summed E-state index contributed by atoms with van der Waals surface area (Å²) in [6.07, 6.45) is 5.33. The van der Waals surface area contributed by atoms with Crippen molar-refractivity contribution in [3.63, 3.8) is 0 Å². The zero-order chi connectivity index (χ0) is 20.3. The van der Waals surface area contributed by atoms with Crippen LogP contribution in [0, 0.1) is 0 Å². The number of benzene rings is 1. The molecule has 0 spiro atoms. The molecule has 0 bridgehead atoms. The predicted octanol–water partition coefficient (Wildman–Crippen LogP) is 2.45. The van der Waals surface area contributed by atoms with E-state index in [0.29, 0.717) is 0 Å². The maximum atomic E-state index is 5.45. The number of aliphatic imine (C=N–C) groups is 1. The Hall–Kier alpha value is -1.63. The van der Waals surface area contributed by atoms with E-state index in [-0.39, 0.29) is 0 Å². The predicted molar refractivity (Wildman–Crippen MR) is 120 cm³/mol. The number of hydrogen-bond acceptors (Lipinski definition) is 4. The van der Waals surface area contributed by atoms with Gasteiger partial charge in [-0.05, 0) is 36.9 Å². The molecule has 1 unspecified atom stereocenters. The number of likely N-dealkylation sites (tertiary alicyclic amines) is 1. The maximum absolute atomic E-state index is 5.45. The molecule has 6 heteroatoms. The molecular weight excluding hydrogens is 362 g/mol. The molecule has 0 radical (unpaired) electrons. The second-order valence-electron chi connectivity index (χ2n) is 8.15. The van der Waals surface area contributed by atoms with E-state index in [2.05, 4.69) is 56.6 Å². The molecule has 1 aromatic carbocycles. The fraction of sp³-hybridized carbons (Fsp3) is 0.696. The van der Waals surface area contributed by atoms with Crippen molar-refractivity contribution in [1.29, 1.82) is 0 Å². The van der Waals surface area contributed by atoms with Crippen LogP contribution in [0.2, 0.25) is 0 Å². The van der Waals surface area contributed by atoms with Crippen LogP contribution in [0.25, 0.3) is 0 Å². The molecular formula is C23H39N5O. The van der Waals surface area contributed by atoms with Gasteiger partial charge in [-0.25, -0.2) is 0 Å². The molecule has 2 N–H and O–H groups in total. The SMILES string of the molecule is CCC1CCCCN1CCNC(=NC)NCc1cccc(CN2CCOCC2)c1. The molecule has 6 nitrogen and oxygen atoms in total. The molecule has 0 aliphatic carbocycles. The molecule has 2 aliphatic heterocycles. The minimum Gasteiger partial charge on any atom is -0.379 e. The fourth-order valence-corrected chi connectivity index (χ4v) is 4.40. The van der Waals surface area contributed by atoms with Crippen molar-refractivity contribution in [1.82, 2.24) is 20.4 Å². The highest BCUT2D eigenvalue weighted by molar-refractivity contribution is 5.79. The van der Waals surface area contributed by atoms with Gasteiger partial charge < -0.3 is 15.4 Å². The van der Waals surface area contributed by atoms with E-state index in [1.807, 2.05) is 7.05 Å². The molecule has 0 amide bonds. The Morgan fingerprint density at radius 3 is 2.76 bits per heavy atom. The van der Waals surface area contributed by atoms with E-state index in [4.69, 9.17) is 4.74 Å². The Balaban J connectivity index is 1.41. The van der Waals surface area contributed by atoms with Crippen LogP contribution in [0.15, 0.2) is 29.3 Å². The number of ether oxygens (including phenoxy) is 1. The van der Waals surface area contributed by atoms with Crippen molar-refractivity contribution >= 4 is 5.96 Å². The van der Waals surface area contributed by atoms with Gasteiger partial charge in [0.15, 0.2) is 5.96 Å². The van der Waals surface area contributed by atoms with E-state index >= 15 is 0 Å². The molecule has 29 heavy (non-hydrogen) atoms. The van der Waals surface area contributed by atoms with Gasteiger partial charge in [-0.3, -0.25) is 14.8 Å². The van der Waals surface area contributed by atoms with Gasteiger partial charge in [-0.1, -0.05) is 37.6 Å². The highest BCUT2D eigenvalue weighted by Gasteiger charge is 2.20. The molecule has 162 valence electrons. The Morgan fingerprint density at radius 2 is 1.97 bits per heavy atom. The first-order valence-electron chi connectivity index (χ1n) is 11.3. The first-order chi connectivity index (χ1) is 14.3. The number of rotatable bonds is 8. The van der Waals surface area contributed by atoms with Gasteiger partial charge >= 0.3 is 0 Å². The summed E-state index contributed by atoms with van der Waals surface area (Å²) in [5.41, 5.74) is 2.66. The lowest BCUT2D eigenvalue weighted by molar-refractivity contribution is 0.0342. The van der Waals surface area contributed by atoms with Crippen LogP contribution < -0.4 is 10.6 Å². The van der Waals surface area contributed by atoms with Crippen molar-refractivity contribution in [3.05, 3.63) is 35.4 Å². The summed E-state index contributed by atoms with van der Waals surface area (Å²) in [7, 11) is 1.85. The van der Waals surface area contributed by atoms with E-state index in [0.717, 1.165) is 64.5 Å². The molecule has 2 saturated heterocycles. The number of morpholine rings is 1. The highest BCUT2D eigenvalue weighted by Crippen LogP contribution is 2.18. The van der Waals surface area contributed by atoms with Gasteiger partial charge in [0.1, 0.15) is 0 Å². The van der Waals surface area contributed by atoms with Crippen molar-refractivity contribution in [2.24, 2.45) is 4.99 Å². The Morgan fingerprint density at radius 1 is 1.14 bits per heavy atom. The summed E-state index contributed by atoms with van der Waals surface area (Å²) in [6.45, 7) is 11.1. The number of guanidine groups is 1. The third kappa shape index (κ3) is 7.28. The number of nitrogens with zero attached hydrogens (tertiary/aromatic N) is 3. The first kappa shape index (κ1) is 22.1. The van der Waals surface area contributed by atoms with Crippen molar-refractivity contribution < 1.29 is 4.74 Å². The molecule has 1 atom stereocenters. The zero-order valence-electron chi connectivity index (χ0n) is 18.3. The van der Waals surface area contributed by atoms with E-state index < -0.39 is 0 Å². The smallest absolute Gasteiger partial charge is 0.191 e. The average Bonchev–Trinajstić information content (AvgIpc) is 2.77. The quantitative estimate of drug-likeness (QED) is 0.518. The summed E-state index contributed by atoms with van der Waals surface area (Å²) >= 11 is 0. The van der Waals surface area contributed by atoms with E-state index in [1.54, 1.807) is 0 Å². The topological polar surface area (TPSA) is 52.1 Å². The lowest BCUT2D eigenvalue weighted by atomic mass is 10.0. The van der Waals surface area contributed by atoms with Crippen LogP contribution in [0.1, 0.15) is 43.7 Å². The van der Waals surface area contributed by atoms with Gasteiger partial charge in [-0.2, -0.15) is 0 Å². The van der Waals surface area contributed by atoms with Crippen molar-refractivity contribution in [2.45, 2.75) is 51.7 Å². The summed E-state index contributed by atoms with van der Waals surface area (Å²) in [6, 6.07) is 9.62. The minimum absolute atomic E-state index is 0.759. The van der Waals surface area contributed by atoms with Gasteiger partial charge in [0.05, 0.1) is 13.2 Å². The second kappa shape index (κ2) is 12.2. The number of nitrogens with one attached hydrogen (secondary N) is 2. The molecule has 2 fully saturated rings. The molecule has 2 aliphatic rings. The lowest BCUT2D eigenvalue weighted by Crippen LogP contribution is -2.45. The number of piperidine rings is 1. The van der Waals surface area contributed by atoms with Crippen LogP contribution in [0.3, 0.4) is 0 Å². The summed E-state index contributed by atoms with van der Waals surface area (Å²) in [5.74, 6) is 0.883. The van der Waals surface area contributed by atoms with Gasteiger partial charge in [-0.15, -0.1) is 0 Å². The van der Waals surface area contributed by atoms with Crippen LogP contribution in [-0.2, 0) is 17.8 Å². The fourth-order valence-electron chi connectivity index (χ4n) is 4.40. The molecule has 3 rings (SSSR count). The molecule has 1 aromatic rings. The van der Waals surface area contributed by atoms with E-state index in [9.17, 15) is 0 Å². The van der Waals surface area contributed by atoms with Crippen molar-refractivity contribution in [3.8, 4) is 0 Å². The van der Waals surface area contributed by atoms with Gasteiger partial charge in [0.25, 0.3) is 0 Å². The molecule has 0 saturated carbocycles. The third-order valence-corrected chi connectivity index (χ3v) is 6.10. The van der Waals surface area contributed by atoms with Crippen molar-refractivity contribution in [2.75, 3.05) is 53.0 Å². The highest BCUT2D eigenvalue weighted by atomic mass is 16.5. The number of hydrogen-bond donors (Lipinski definition) is 2. The van der Waals surface area contributed by atoms with E-state index in [1.165, 1.54) is 43.4 Å². The van der Waals surface area contributed by atoms with Crippen LogP contribution >= 0.6 is 0 Å².